The van der Waals surface area contributed by atoms with E-state index < -0.39 is 0 Å². The molecule has 5 nitrogen and oxygen atoms in total. The van der Waals surface area contributed by atoms with E-state index >= 15 is 0 Å². The van der Waals surface area contributed by atoms with Crippen molar-refractivity contribution >= 4 is 11.6 Å². The molecule has 1 aromatic carbocycles. The van der Waals surface area contributed by atoms with Gasteiger partial charge in [0.05, 0.1) is 6.61 Å². The zero-order chi connectivity index (χ0) is 14.5. The highest BCUT2D eigenvalue weighted by molar-refractivity contribution is 5.94. The molecule has 1 aliphatic rings. The van der Waals surface area contributed by atoms with Gasteiger partial charge in [-0.05, 0) is 43.7 Å². The van der Waals surface area contributed by atoms with Crippen molar-refractivity contribution < 1.29 is 9.90 Å². The maximum atomic E-state index is 12.5. The van der Waals surface area contributed by atoms with Gasteiger partial charge in [-0.15, -0.1) is 0 Å². The summed E-state index contributed by atoms with van der Waals surface area (Å²) in [6, 6.07) is 5.44. The summed E-state index contributed by atoms with van der Waals surface area (Å²) >= 11 is 0. The fraction of sp³-hybridized carbons (Fsp3) is 0.533. The van der Waals surface area contributed by atoms with E-state index in [1.54, 1.807) is 12.1 Å². The molecule has 3 N–H and O–H groups in total. The van der Waals surface area contributed by atoms with E-state index in [0.717, 1.165) is 31.6 Å². The molecule has 0 unspecified atom stereocenters. The molecule has 0 spiro atoms. The minimum Gasteiger partial charge on any atom is -0.399 e. The highest BCUT2D eigenvalue weighted by Crippen LogP contribution is 2.15. The molecular formula is C15H23N3O2. The molecule has 0 aliphatic carbocycles. The van der Waals surface area contributed by atoms with E-state index in [2.05, 4.69) is 4.90 Å². The van der Waals surface area contributed by atoms with Crippen LogP contribution in [0.3, 0.4) is 0 Å². The number of aliphatic hydroxyl groups excluding tert-OH is 1. The van der Waals surface area contributed by atoms with Gasteiger partial charge in [-0.25, -0.2) is 0 Å². The van der Waals surface area contributed by atoms with Crippen LogP contribution in [0.25, 0.3) is 0 Å². The molecule has 0 saturated carbocycles. The topological polar surface area (TPSA) is 69.8 Å². The van der Waals surface area contributed by atoms with E-state index in [0.29, 0.717) is 24.3 Å². The second kappa shape index (κ2) is 6.72. The van der Waals surface area contributed by atoms with Gasteiger partial charge in [-0.1, -0.05) is 0 Å². The van der Waals surface area contributed by atoms with Crippen molar-refractivity contribution in [3.8, 4) is 0 Å². The molecule has 1 amide bonds. The molecule has 2 rings (SSSR count). The lowest BCUT2D eigenvalue weighted by atomic mass is 10.1. The average molecular weight is 277 g/mol. The summed E-state index contributed by atoms with van der Waals surface area (Å²) in [7, 11) is 0. The number of nitrogens with two attached hydrogens (primary N) is 1. The highest BCUT2D eigenvalue weighted by atomic mass is 16.3. The first-order valence-corrected chi connectivity index (χ1v) is 7.10. The summed E-state index contributed by atoms with van der Waals surface area (Å²) in [6.45, 7) is 6.00. The Morgan fingerprint density at radius 3 is 2.80 bits per heavy atom. The third kappa shape index (κ3) is 3.49. The third-order valence-electron chi connectivity index (χ3n) is 3.81. The molecule has 1 aromatic rings. The molecule has 1 aliphatic heterocycles. The minimum absolute atomic E-state index is 0.0685. The predicted octanol–water partition coefficient (Wildman–Crippen LogP) is 0.717. The lowest BCUT2D eigenvalue weighted by Crippen LogP contribution is -2.35. The lowest BCUT2D eigenvalue weighted by Gasteiger charge is -2.22. The van der Waals surface area contributed by atoms with Crippen molar-refractivity contribution in [1.29, 1.82) is 0 Å². The van der Waals surface area contributed by atoms with Crippen molar-refractivity contribution in [3.05, 3.63) is 29.3 Å². The fourth-order valence-corrected chi connectivity index (χ4v) is 2.53. The average Bonchev–Trinajstić information content (AvgIpc) is 2.67. The number of benzene rings is 1. The Morgan fingerprint density at radius 2 is 2.10 bits per heavy atom. The number of aliphatic hydroxyl groups is 1. The van der Waals surface area contributed by atoms with Crippen molar-refractivity contribution in [2.75, 3.05) is 45.1 Å². The molecule has 5 heteroatoms. The number of carbonyl (C=O) groups is 1. The maximum Gasteiger partial charge on any atom is 0.253 e. The van der Waals surface area contributed by atoms with Gasteiger partial charge in [0.1, 0.15) is 0 Å². The second-order valence-corrected chi connectivity index (χ2v) is 5.28. The van der Waals surface area contributed by atoms with E-state index in [1.807, 2.05) is 17.9 Å². The number of nitrogens with zero attached hydrogens (tertiary/aromatic N) is 2. The first-order chi connectivity index (χ1) is 9.61. The van der Waals surface area contributed by atoms with Crippen molar-refractivity contribution in [3.63, 3.8) is 0 Å². The molecule has 0 aromatic heterocycles. The van der Waals surface area contributed by atoms with Crippen LogP contribution < -0.4 is 5.73 Å². The number of rotatable bonds is 3. The first-order valence-electron chi connectivity index (χ1n) is 7.10. The Balaban J connectivity index is 2.03. The monoisotopic (exact) mass is 277 g/mol. The van der Waals surface area contributed by atoms with E-state index in [1.165, 1.54) is 0 Å². The predicted molar refractivity (Wildman–Crippen MR) is 79.6 cm³/mol. The molecule has 1 fully saturated rings. The molecular weight excluding hydrogens is 254 g/mol. The van der Waals surface area contributed by atoms with Gasteiger partial charge in [0.2, 0.25) is 0 Å². The number of β-amino-alcohol motifs (C(OH)–C–C–N with tert-alkyl or cyclic N) is 1. The van der Waals surface area contributed by atoms with E-state index in [9.17, 15) is 4.79 Å². The van der Waals surface area contributed by atoms with Gasteiger partial charge < -0.3 is 15.7 Å². The number of hydrogen-bond donors (Lipinski definition) is 2. The Morgan fingerprint density at radius 1 is 1.30 bits per heavy atom. The van der Waals surface area contributed by atoms with Crippen LogP contribution in [-0.4, -0.2) is 60.1 Å². The summed E-state index contributed by atoms with van der Waals surface area (Å²) in [6.07, 6.45) is 0.944. The number of amides is 1. The largest absolute Gasteiger partial charge is 0.399 e. The number of nitrogen functional groups attached to an aromatic ring is 1. The highest BCUT2D eigenvalue weighted by Gasteiger charge is 2.20. The second-order valence-electron chi connectivity index (χ2n) is 5.28. The van der Waals surface area contributed by atoms with Gasteiger partial charge in [-0.2, -0.15) is 0 Å². The number of carbonyl (C=O) groups excluding carboxylic acids is 1. The van der Waals surface area contributed by atoms with Crippen LogP contribution in [0.5, 0.6) is 0 Å². The van der Waals surface area contributed by atoms with Crippen LogP contribution in [0.2, 0.25) is 0 Å². The molecule has 110 valence electrons. The summed E-state index contributed by atoms with van der Waals surface area (Å²) < 4.78 is 0. The van der Waals surface area contributed by atoms with Crippen LogP contribution in [0.4, 0.5) is 5.69 Å². The summed E-state index contributed by atoms with van der Waals surface area (Å²) in [5.41, 5.74) is 8.14. The fourth-order valence-electron chi connectivity index (χ4n) is 2.53. The van der Waals surface area contributed by atoms with Crippen LogP contribution in [0.1, 0.15) is 22.3 Å². The first kappa shape index (κ1) is 14.8. The molecule has 0 atom stereocenters. The Kier molecular flexibility index (Phi) is 4.98. The van der Waals surface area contributed by atoms with Crippen LogP contribution in [-0.2, 0) is 0 Å². The maximum absolute atomic E-state index is 12.5. The number of hydrogen-bond acceptors (Lipinski definition) is 4. The Bertz CT molecular complexity index is 476. The molecule has 0 bridgehead atoms. The van der Waals surface area contributed by atoms with Crippen LogP contribution in [0, 0.1) is 6.92 Å². The zero-order valence-electron chi connectivity index (χ0n) is 12.0. The van der Waals surface area contributed by atoms with E-state index in [4.69, 9.17) is 10.8 Å². The van der Waals surface area contributed by atoms with Crippen LogP contribution >= 0.6 is 0 Å². The van der Waals surface area contributed by atoms with E-state index in [-0.39, 0.29) is 12.5 Å². The summed E-state index contributed by atoms with van der Waals surface area (Å²) in [4.78, 5) is 16.6. The van der Waals surface area contributed by atoms with Crippen LogP contribution in [0.15, 0.2) is 18.2 Å². The van der Waals surface area contributed by atoms with Crippen molar-refractivity contribution in [2.24, 2.45) is 0 Å². The Hall–Kier alpha value is -1.59. The third-order valence-corrected chi connectivity index (χ3v) is 3.81. The van der Waals surface area contributed by atoms with Gasteiger partial charge in [0.15, 0.2) is 0 Å². The zero-order valence-corrected chi connectivity index (χ0v) is 12.0. The molecule has 0 radical (unpaired) electrons. The molecule has 1 heterocycles. The molecule has 1 saturated heterocycles. The van der Waals surface area contributed by atoms with Crippen molar-refractivity contribution in [1.82, 2.24) is 9.80 Å². The normalized spacial score (nSPS) is 17.0. The van der Waals surface area contributed by atoms with Gasteiger partial charge in [0.25, 0.3) is 5.91 Å². The smallest absolute Gasteiger partial charge is 0.253 e. The Labute approximate surface area is 120 Å². The lowest BCUT2D eigenvalue weighted by molar-refractivity contribution is 0.0760. The molecule has 20 heavy (non-hydrogen) atoms. The van der Waals surface area contributed by atoms with Gasteiger partial charge in [-0.3, -0.25) is 9.69 Å². The minimum atomic E-state index is 0.0685. The number of aryl methyl sites for hydroxylation is 1. The van der Waals surface area contributed by atoms with Gasteiger partial charge >= 0.3 is 0 Å². The van der Waals surface area contributed by atoms with Crippen molar-refractivity contribution in [2.45, 2.75) is 13.3 Å². The summed E-state index contributed by atoms with van der Waals surface area (Å²) in [5.74, 6) is 0.0685. The number of anilines is 1. The summed E-state index contributed by atoms with van der Waals surface area (Å²) in [5, 5.41) is 8.99. The quantitative estimate of drug-likeness (QED) is 0.799. The standard InChI is InChI=1S/C15H23N3O2/c1-12-11-13(3-4-14(12)16)15(20)18-6-2-5-17(7-8-18)9-10-19/h3-4,11,19H,2,5-10,16H2,1H3. The SMILES string of the molecule is Cc1cc(C(=O)N2CCCN(CCO)CC2)ccc1N. The van der Waals surface area contributed by atoms with Gasteiger partial charge in [0, 0.05) is 37.4 Å².